The third kappa shape index (κ3) is 3.32. The fourth-order valence-corrected chi connectivity index (χ4v) is 3.20. The zero-order chi connectivity index (χ0) is 13.0. The van der Waals surface area contributed by atoms with E-state index in [0.29, 0.717) is 31.7 Å². The van der Waals surface area contributed by atoms with Crippen LogP contribution in [-0.4, -0.2) is 37.5 Å². The number of rotatable bonds is 5. The topological polar surface area (TPSA) is 82.8 Å². The maximum Gasteiger partial charge on any atom is 0.279 e. The first-order valence-electron chi connectivity index (χ1n) is 6.00. The highest BCUT2D eigenvalue weighted by Crippen LogP contribution is 2.18. The molecule has 102 valence electrons. The molecule has 1 aliphatic heterocycles. The summed E-state index contributed by atoms with van der Waals surface area (Å²) < 4.78 is 33.0. The molecule has 0 aliphatic carbocycles. The number of aliphatic hydroxyl groups is 1. The van der Waals surface area contributed by atoms with E-state index < -0.39 is 10.2 Å². The molecule has 2 rings (SSSR count). The number of hydrogen-bond donors (Lipinski definition) is 2. The highest BCUT2D eigenvalue weighted by atomic mass is 32.2. The van der Waals surface area contributed by atoms with Gasteiger partial charge in [0.1, 0.15) is 5.76 Å². The summed E-state index contributed by atoms with van der Waals surface area (Å²) in [7, 11) is -3.45. The van der Waals surface area contributed by atoms with Gasteiger partial charge < -0.3 is 9.52 Å². The molecule has 1 aromatic rings. The molecule has 0 spiro atoms. The van der Waals surface area contributed by atoms with Gasteiger partial charge in [0.15, 0.2) is 0 Å². The minimum absolute atomic E-state index is 0.133. The van der Waals surface area contributed by atoms with E-state index >= 15 is 0 Å². The van der Waals surface area contributed by atoms with Crippen LogP contribution >= 0.6 is 0 Å². The number of aliphatic hydroxyl groups excluding tert-OH is 1. The lowest BCUT2D eigenvalue weighted by molar-refractivity contribution is 0.169. The lowest BCUT2D eigenvalue weighted by Gasteiger charge is -2.30. The summed E-state index contributed by atoms with van der Waals surface area (Å²) in [4.78, 5) is 0. The summed E-state index contributed by atoms with van der Waals surface area (Å²) in [5.41, 5.74) is 0. The Bertz CT molecular complexity index is 449. The van der Waals surface area contributed by atoms with Crippen molar-refractivity contribution in [1.29, 1.82) is 0 Å². The van der Waals surface area contributed by atoms with Crippen LogP contribution in [0, 0.1) is 5.92 Å². The van der Waals surface area contributed by atoms with Gasteiger partial charge in [-0.05, 0) is 30.9 Å². The number of furan rings is 1. The highest BCUT2D eigenvalue weighted by molar-refractivity contribution is 7.87. The first kappa shape index (κ1) is 13.5. The maximum absolute atomic E-state index is 12.0. The molecule has 0 radical (unpaired) electrons. The van der Waals surface area contributed by atoms with Crippen molar-refractivity contribution in [2.24, 2.45) is 5.92 Å². The zero-order valence-corrected chi connectivity index (χ0v) is 10.9. The van der Waals surface area contributed by atoms with Crippen molar-refractivity contribution in [3.8, 4) is 0 Å². The molecule has 0 bridgehead atoms. The van der Waals surface area contributed by atoms with E-state index in [-0.39, 0.29) is 19.1 Å². The fraction of sp³-hybridized carbons (Fsp3) is 0.636. The van der Waals surface area contributed by atoms with Gasteiger partial charge in [-0.2, -0.15) is 17.4 Å². The Morgan fingerprint density at radius 2 is 2.17 bits per heavy atom. The summed E-state index contributed by atoms with van der Waals surface area (Å²) in [5, 5.41) is 9.01. The van der Waals surface area contributed by atoms with Crippen molar-refractivity contribution in [2.75, 3.05) is 19.7 Å². The molecule has 1 saturated heterocycles. The number of piperidine rings is 1. The molecule has 1 aliphatic rings. The smallest absolute Gasteiger partial charge is 0.279 e. The normalized spacial score (nSPS) is 19.2. The quantitative estimate of drug-likeness (QED) is 0.810. The van der Waals surface area contributed by atoms with Crippen molar-refractivity contribution in [2.45, 2.75) is 19.4 Å². The molecule has 2 heterocycles. The van der Waals surface area contributed by atoms with Crippen molar-refractivity contribution in [3.05, 3.63) is 24.2 Å². The Balaban J connectivity index is 1.87. The van der Waals surface area contributed by atoms with Crippen molar-refractivity contribution >= 4 is 10.2 Å². The van der Waals surface area contributed by atoms with E-state index in [9.17, 15) is 8.42 Å². The third-order valence-electron chi connectivity index (χ3n) is 3.18. The van der Waals surface area contributed by atoms with Crippen molar-refractivity contribution in [3.63, 3.8) is 0 Å². The molecule has 0 saturated carbocycles. The van der Waals surface area contributed by atoms with Crippen LogP contribution in [0.5, 0.6) is 0 Å². The van der Waals surface area contributed by atoms with E-state index in [1.165, 1.54) is 10.6 Å². The summed E-state index contributed by atoms with van der Waals surface area (Å²) in [6.07, 6.45) is 2.92. The Kier molecular flexibility index (Phi) is 4.39. The molecule has 7 heteroatoms. The van der Waals surface area contributed by atoms with Crippen LogP contribution in [0.3, 0.4) is 0 Å². The number of nitrogens with one attached hydrogen (secondary N) is 1. The van der Waals surface area contributed by atoms with Crippen LogP contribution in [0.1, 0.15) is 18.6 Å². The van der Waals surface area contributed by atoms with Gasteiger partial charge in [-0.1, -0.05) is 0 Å². The van der Waals surface area contributed by atoms with Gasteiger partial charge in [0.05, 0.1) is 12.8 Å². The summed E-state index contributed by atoms with van der Waals surface area (Å²) in [6, 6.07) is 3.44. The van der Waals surface area contributed by atoms with Crippen molar-refractivity contribution in [1.82, 2.24) is 9.03 Å². The second-order valence-corrected chi connectivity index (χ2v) is 6.19. The van der Waals surface area contributed by atoms with Gasteiger partial charge in [0.2, 0.25) is 0 Å². The zero-order valence-electron chi connectivity index (χ0n) is 10.1. The predicted molar refractivity (Wildman–Crippen MR) is 65.9 cm³/mol. The summed E-state index contributed by atoms with van der Waals surface area (Å²) in [5.74, 6) is 0.811. The average Bonchev–Trinajstić information content (AvgIpc) is 2.90. The van der Waals surface area contributed by atoms with E-state index in [2.05, 4.69) is 4.72 Å². The SMILES string of the molecule is O=S(=O)(NCc1ccco1)N1CCC(CO)CC1. The first-order chi connectivity index (χ1) is 8.62. The molecule has 2 N–H and O–H groups in total. The minimum atomic E-state index is -3.45. The standard InChI is InChI=1S/C11H18N2O4S/c14-9-10-3-5-13(6-4-10)18(15,16)12-8-11-2-1-7-17-11/h1-2,7,10,12,14H,3-6,8-9H2. The highest BCUT2D eigenvalue weighted by Gasteiger charge is 2.27. The number of nitrogens with zero attached hydrogens (tertiary/aromatic N) is 1. The van der Waals surface area contributed by atoms with Gasteiger partial charge in [0.25, 0.3) is 10.2 Å². The average molecular weight is 274 g/mol. The first-order valence-corrected chi connectivity index (χ1v) is 7.44. The van der Waals surface area contributed by atoms with Crippen molar-refractivity contribution < 1.29 is 17.9 Å². The molecular formula is C11H18N2O4S. The van der Waals surface area contributed by atoms with Crippen LogP contribution in [0.4, 0.5) is 0 Å². The molecular weight excluding hydrogens is 256 g/mol. The lowest BCUT2D eigenvalue weighted by atomic mass is 10.00. The maximum atomic E-state index is 12.0. The largest absolute Gasteiger partial charge is 0.468 e. The van der Waals surface area contributed by atoms with Gasteiger partial charge in [-0.3, -0.25) is 0 Å². The van der Waals surface area contributed by atoms with Crippen LogP contribution in [0.2, 0.25) is 0 Å². The second kappa shape index (κ2) is 5.83. The van der Waals surface area contributed by atoms with Crippen LogP contribution in [0.25, 0.3) is 0 Å². The molecule has 0 amide bonds. The molecule has 1 fully saturated rings. The Labute approximate surface area is 107 Å². The fourth-order valence-electron chi connectivity index (χ4n) is 2.00. The van der Waals surface area contributed by atoms with E-state index in [1.807, 2.05) is 0 Å². The Hall–Kier alpha value is -0.890. The van der Waals surface area contributed by atoms with Gasteiger partial charge in [-0.25, -0.2) is 0 Å². The molecule has 1 aromatic heterocycles. The monoisotopic (exact) mass is 274 g/mol. The van der Waals surface area contributed by atoms with Gasteiger partial charge >= 0.3 is 0 Å². The van der Waals surface area contributed by atoms with Crippen LogP contribution in [0.15, 0.2) is 22.8 Å². The molecule has 6 nitrogen and oxygen atoms in total. The summed E-state index contributed by atoms with van der Waals surface area (Å²) in [6.45, 7) is 1.21. The Morgan fingerprint density at radius 1 is 1.44 bits per heavy atom. The molecule has 18 heavy (non-hydrogen) atoms. The molecule has 0 unspecified atom stereocenters. The van der Waals surface area contributed by atoms with Gasteiger partial charge in [0, 0.05) is 19.7 Å². The van der Waals surface area contributed by atoms with Gasteiger partial charge in [-0.15, -0.1) is 0 Å². The lowest BCUT2D eigenvalue weighted by Crippen LogP contribution is -2.45. The summed E-state index contributed by atoms with van der Waals surface area (Å²) >= 11 is 0. The second-order valence-electron chi connectivity index (χ2n) is 4.43. The molecule has 0 aromatic carbocycles. The van der Waals surface area contributed by atoms with E-state index in [4.69, 9.17) is 9.52 Å². The predicted octanol–water partition coefficient (Wildman–Crippen LogP) is 0.318. The third-order valence-corrected chi connectivity index (χ3v) is 4.73. The van der Waals surface area contributed by atoms with E-state index in [0.717, 1.165) is 0 Å². The minimum Gasteiger partial charge on any atom is -0.468 e. The van der Waals surface area contributed by atoms with E-state index in [1.54, 1.807) is 12.1 Å². The van der Waals surface area contributed by atoms with Crippen LogP contribution < -0.4 is 4.72 Å². The Morgan fingerprint density at radius 3 is 2.72 bits per heavy atom. The molecule has 0 atom stereocenters. The number of hydrogen-bond acceptors (Lipinski definition) is 4. The van der Waals surface area contributed by atoms with Crippen LogP contribution in [-0.2, 0) is 16.8 Å².